The summed E-state index contributed by atoms with van der Waals surface area (Å²) in [6.07, 6.45) is 5.00. The lowest BCUT2D eigenvalue weighted by molar-refractivity contribution is 0.0827. The van der Waals surface area contributed by atoms with Crippen LogP contribution in [-0.4, -0.2) is 30.9 Å². The summed E-state index contributed by atoms with van der Waals surface area (Å²) < 4.78 is 0. The smallest absolute Gasteiger partial charge is 0.253 e. The first-order chi connectivity index (χ1) is 9.49. The summed E-state index contributed by atoms with van der Waals surface area (Å²) in [5.41, 5.74) is 1.54. The number of benzene rings is 1. The fourth-order valence-corrected chi connectivity index (χ4v) is 2.93. The molecule has 1 aromatic rings. The topological polar surface area (TPSA) is 32.3 Å². The van der Waals surface area contributed by atoms with Gasteiger partial charge in [-0.1, -0.05) is 31.4 Å². The highest BCUT2D eigenvalue weighted by Gasteiger charge is 2.22. The van der Waals surface area contributed by atoms with Crippen LogP contribution in [0.1, 0.15) is 43.0 Å². The van der Waals surface area contributed by atoms with Crippen LogP contribution in [0.3, 0.4) is 0 Å². The van der Waals surface area contributed by atoms with Gasteiger partial charge in [0.2, 0.25) is 0 Å². The molecule has 2 rings (SSSR count). The van der Waals surface area contributed by atoms with Crippen LogP contribution in [0.25, 0.3) is 0 Å². The second-order valence-electron chi connectivity index (χ2n) is 5.91. The zero-order valence-electron chi connectivity index (χ0n) is 12.4. The van der Waals surface area contributed by atoms with Crippen molar-refractivity contribution in [3.05, 3.63) is 28.8 Å². The number of halogens is 1. The Morgan fingerprint density at radius 2 is 2.00 bits per heavy atom. The molecule has 0 radical (unpaired) electrons. The van der Waals surface area contributed by atoms with Gasteiger partial charge >= 0.3 is 0 Å². The Morgan fingerprint density at radius 1 is 1.30 bits per heavy atom. The predicted octanol–water partition coefficient (Wildman–Crippen LogP) is 4.03. The molecule has 3 nitrogen and oxygen atoms in total. The molecule has 4 heteroatoms. The summed E-state index contributed by atoms with van der Waals surface area (Å²) in [7, 11) is 3.51. The lowest BCUT2D eigenvalue weighted by atomic mass is 9.86. The Labute approximate surface area is 126 Å². The highest BCUT2D eigenvalue weighted by molar-refractivity contribution is 6.33. The van der Waals surface area contributed by atoms with Crippen molar-refractivity contribution < 1.29 is 4.79 Å². The molecule has 0 bridgehead atoms. The molecule has 20 heavy (non-hydrogen) atoms. The normalized spacial score (nSPS) is 22.4. The molecule has 1 aromatic carbocycles. The molecule has 0 heterocycles. The molecule has 1 N–H and O–H groups in total. The van der Waals surface area contributed by atoms with E-state index < -0.39 is 0 Å². The predicted molar refractivity (Wildman–Crippen MR) is 84.5 cm³/mol. The summed E-state index contributed by atoms with van der Waals surface area (Å²) in [5.74, 6) is 0.648. The third kappa shape index (κ3) is 3.45. The fourth-order valence-electron chi connectivity index (χ4n) is 2.76. The Hall–Kier alpha value is -1.22. The van der Waals surface area contributed by atoms with Crippen molar-refractivity contribution in [3.63, 3.8) is 0 Å². The van der Waals surface area contributed by atoms with E-state index >= 15 is 0 Å². The van der Waals surface area contributed by atoms with E-state index in [-0.39, 0.29) is 5.91 Å². The van der Waals surface area contributed by atoms with Gasteiger partial charge in [0.25, 0.3) is 5.91 Å². The Morgan fingerprint density at radius 3 is 2.65 bits per heavy atom. The van der Waals surface area contributed by atoms with Gasteiger partial charge in [0.05, 0.1) is 10.7 Å². The fraction of sp³-hybridized carbons (Fsp3) is 0.562. The van der Waals surface area contributed by atoms with Crippen molar-refractivity contribution in [2.24, 2.45) is 5.92 Å². The zero-order chi connectivity index (χ0) is 14.7. The molecule has 110 valence electrons. The van der Waals surface area contributed by atoms with Crippen LogP contribution in [0.5, 0.6) is 0 Å². The standard InChI is InChI=1S/C16H23ClN2O/c1-11-6-4-5-7-14(11)18-15-10-12(8-9-13(15)17)16(20)19(2)3/h8-11,14,18H,4-7H2,1-3H3. The van der Waals surface area contributed by atoms with Gasteiger partial charge in [0.15, 0.2) is 0 Å². The molecule has 0 saturated heterocycles. The quantitative estimate of drug-likeness (QED) is 0.913. The summed E-state index contributed by atoms with van der Waals surface area (Å²) in [6, 6.07) is 5.89. The highest BCUT2D eigenvalue weighted by atomic mass is 35.5. The number of hydrogen-bond donors (Lipinski definition) is 1. The van der Waals surface area contributed by atoms with Crippen LogP contribution in [0.2, 0.25) is 5.02 Å². The first kappa shape index (κ1) is 15.2. The molecular formula is C16H23ClN2O. The van der Waals surface area contributed by atoms with Gasteiger partial charge in [-0.25, -0.2) is 0 Å². The maximum absolute atomic E-state index is 12.0. The monoisotopic (exact) mass is 294 g/mol. The first-order valence-corrected chi connectivity index (χ1v) is 7.64. The number of rotatable bonds is 3. The maximum atomic E-state index is 12.0. The van der Waals surface area contributed by atoms with E-state index in [1.165, 1.54) is 25.7 Å². The van der Waals surface area contributed by atoms with Crippen molar-refractivity contribution in [2.75, 3.05) is 19.4 Å². The number of carbonyl (C=O) groups excluding carboxylic acids is 1. The minimum absolute atomic E-state index is 0.00130. The lowest BCUT2D eigenvalue weighted by Gasteiger charge is -2.30. The summed E-state index contributed by atoms with van der Waals surface area (Å²) in [5, 5.41) is 4.21. The number of amides is 1. The molecule has 1 aliphatic rings. The molecular weight excluding hydrogens is 272 g/mol. The van der Waals surface area contributed by atoms with E-state index in [2.05, 4.69) is 12.2 Å². The van der Waals surface area contributed by atoms with E-state index in [1.54, 1.807) is 31.1 Å². The van der Waals surface area contributed by atoms with Crippen molar-refractivity contribution in [1.29, 1.82) is 0 Å². The van der Waals surface area contributed by atoms with Crippen LogP contribution in [-0.2, 0) is 0 Å². The maximum Gasteiger partial charge on any atom is 0.253 e. The molecule has 1 saturated carbocycles. The number of hydrogen-bond acceptors (Lipinski definition) is 2. The van der Waals surface area contributed by atoms with E-state index in [0.717, 1.165) is 5.69 Å². The van der Waals surface area contributed by atoms with Crippen LogP contribution >= 0.6 is 11.6 Å². The van der Waals surface area contributed by atoms with Gasteiger partial charge in [-0.2, -0.15) is 0 Å². The van der Waals surface area contributed by atoms with Gasteiger partial charge in [-0.05, 0) is 37.0 Å². The van der Waals surface area contributed by atoms with Crippen molar-refractivity contribution >= 4 is 23.2 Å². The van der Waals surface area contributed by atoms with Crippen LogP contribution < -0.4 is 5.32 Å². The minimum atomic E-state index is 0.00130. The lowest BCUT2D eigenvalue weighted by Crippen LogP contribution is -2.30. The van der Waals surface area contributed by atoms with Gasteiger partial charge in [0, 0.05) is 25.7 Å². The number of nitrogens with one attached hydrogen (secondary N) is 1. The van der Waals surface area contributed by atoms with E-state index in [4.69, 9.17) is 11.6 Å². The van der Waals surface area contributed by atoms with Gasteiger partial charge in [-0.3, -0.25) is 4.79 Å². The third-order valence-electron chi connectivity index (χ3n) is 4.07. The number of anilines is 1. The van der Waals surface area contributed by atoms with Crippen LogP contribution in [0, 0.1) is 5.92 Å². The summed E-state index contributed by atoms with van der Waals surface area (Å²) in [6.45, 7) is 2.28. The average Bonchev–Trinajstić information content (AvgIpc) is 2.42. The Kier molecular flexibility index (Phi) is 4.92. The second-order valence-corrected chi connectivity index (χ2v) is 6.31. The van der Waals surface area contributed by atoms with Gasteiger partial charge in [-0.15, -0.1) is 0 Å². The van der Waals surface area contributed by atoms with Crippen LogP contribution in [0.4, 0.5) is 5.69 Å². The Balaban J connectivity index is 2.18. The van der Waals surface area contributed by atoms with Crippen molar-refractivity contribution in [3.8, 4) is 0 Å². The molecule has 2 unspecified atom stereocenters. The second kappa shape index (κ2) is 6.49. The molecule has 0 spiro atoms. The molecule has 0 aliphatic heterocycles. The largest absolute Gasteiger partial charge is 0.381 e. The van der Waals surface area contributed by atoms with Crippen molar-refractivity contribution in [2.45, 2.75) is 38.6 Å². The summed E-state index contributed by atoms with van der Waals surface area (Å²) in [4.78, 5) is 13.6. The van der Waals surface area contributed by atoms with Crippen molar-refractivity contribution in [1.82, 2.24) is 4.90 Å². The summed E-state index contributed by atoms with van der Waals surface area (Å²) >= 11 is 6.26. The van der Waals surface area contributed by atoms with E-state index in [0.29, 0.717) is 22.5 Å². The average molecular weight is 295 g/mol. The molecule has 1 amide bonds. The highest BCUT2D eigenvalue weighted by Crippen LogP contribution is 2.30. The zero-order valence-corrected chi connectivity index (χ0v) is 13.2. The first-order valence-electron chi connectivity index (χ1n) is 7.27. The van der Waals surface area contributed by atoms with Gasteiger partial charge in [0.1, 0.15) is 0 Å². The molecule has 1 fully saturated rings. The third-order valence-corrected chi connectivity index (χ3v) is 4.40. The molecule has 1 aliphatic carbocycles. The molecule has 0 aromatic heterocycles. The van der Waals surface area contributed by atoms with E-state index in [1.807, 2.05) is 6.07 Å². The van der Waals surface area contributed by atoms with E-state index in [9.17, 15) is 4.79 Å². The number of carbonyl (C=O) groups is 1. The Bertz CT molecular complexity index is 487. The number of nitrogens with zero attached hydrogens (tertiary/aromatic N) is 1. The SMILES string of the molecule is CC1CCCCC1Nc1cc(C(=O)N(C)C)ccc1Cl. The van der Waals surface area contributed by atoms with Gasteiger partial charge < -0.3 is 10.2 Å². The minimum Gasteiger partial charge on any atom is -0.381 e. The van der Waals surface area contributed by atoms with Crippen LogP contribution in [0.15, 0.2) is 18.2 Å². The molecule has 2 atom stereocenters.